The van der Waals surface area contributed by atoms with E-state index in [0.717, 1.165) is 35.5 Å². The van der Waals surface area contributed by atoms with Gasteiger partial charge in [-0.25, -0.2) is 0 Å². The van der Waals surface area contributed by atoms with Gasteiger partial charge >= 0.3 is 5.97 Å². The van der Waals surface area contributed by atoms with E-state index in [1.807, 2.05) is 78.5 Å². The molecule has 0 aliphatic rings. The molecule has 0 unspecified atom stereocenters. The first kappa shape index (κ1) is 17.0. The highest BCUT2D eigenvalue weighted by atomic mass is 16.5. The molecule has 0 amide bonds. The second-order valence-electron chi connectivity index (χ2n) is 6.03. The summed E-state index contributed by atoms with van der Waals surface area (Å²) in [6.45, 7) is 2.40. The van der Waals surface area contributed by atoms with Crippen molar-refractivity contribution in [3.05, 3.63) is 83.9 Å². The number of hydrogen-bond acceptors (Lipinski definition) is 3. The molecule has 1 aromatic carbocycles. The van der Waals surface area contributed by atoms with Crippen LogP contribution in [0, 0.1) is 6.92 Å². The third-order valence-corrected chi connectivity index (χ3v) is 3.97. The number of pyridine rings is 1. The Bertz CT molecular complexity index is 808. The summed E-state index contributed by atoms with van der Waals surface area (Å²) < 4.78 is 7.36. The van der Waals surface area contributed by atoms with Gasteiger partial charge in [-0.05, 0) is 61.7 Å². The van der Waals surface area contributed by atoms with E-state index >= 15 is 0 Å². The van der Waals surface area contributed by atoms with Gasteiger partial charge < -0.3 is 9.30 Å². The van der Waals surface area contributed by atoms with E-state index in [9.17, 15) is 4.79 Å². The molecule has 0 saturated carbocycles. The summed E-state index contributed by atoms with van der Waals surface area (Å²) in [6.07, 6.45) is 5.89. The molecule has 0 aliphatic carbocycles. The van der Waals surface area contributed by atoms with Crippen molar-refractivity contribution in [3.8, 4) is 5.69 Å². The van der Waals surface area contributed by atoms with E-state index in [4.69, 9.17) is 4.74 Å². The Morgan fingerprint density at radius 1 is 1.04 bits per heavy atom. The van der Waals surface area contributed by atoms with Crippen LogP contribution in [0.5, 0.6) is 0 Å². The third-order valence-electron chi connectivity index (χ3n) is 3.97. The van der Waals surface area contributed by atoms with E-state index in [0.29, 0.717) is 13.0 Å². The number of aryl methyl sites for hydroxylation is 2. The van der Waals surface area contributed by atoms with Gasteiger partial charge in [-0.2, -0.15) is 0 Å². The van der Waals surface area contributed by atoms with E-state index in [1.54, 1.807) is 0 Å². The van der Waals surface area contributed by atoms with Crippen molar-refractivity contribution in [3.63, 3.8) is 0 Å². The zero-order valence-corrected chi connectivity index (χ0v) is 14.4. The van der Waals surface area contributed by atoms with Gasteiger partial charge in [0.15, 0.2) is 0 Å². The molecule has 2 aromatic heterocycles. The first-order chi connectivity index (χ1) is 12.2. The SMILES string of the molecule is Cc1cccc(CCCOC(=O)Cc2ccc(-n3cccc3)cc2)n1. The lowest BCUT2D eigenvalue weighted by molar-refractivity contribution is -0.142. The average Bonchev–Trinajstić information content (AvgIpc) is 3.14. The Labute approximate surface area is 148 Å². The predicted molar refractivity (Wildman–Crippen MR) is 97.7 cm³/mol. The number of esters is 1. The molecule has 4 nitrogen and oxygen atoms in total. The summed E-state index contributed by atoms with van der Waals surface area (Å²) in [7, 11) is 0. The maximum absolute atomic E-state index is 11.9. The normalized spacial score (nSPS) is 10.6. The zero-order chi connectivity index (χ0) is 17.5. The molecular weight excluding hydrogens is 312 g/mol. The minimum absolute atomic E-state index is 0.189. The summed E-state index contributed by atoms with van der Waals surface area (Å²) >= 11 is 0. The molecule has 0 radical (unpaired) electrons. The zero-order valence-electron chi connectivity index (χ0n) is 14.4. The minimum Gasteiger partial charge on any atom is -0.465 e. The van der Waals surface area contributed by atoms with Gasteiger partial charge in [0.1, 0.15) is 0 Å². The first-order valence-corrected chi connectivity index (χ1v) is 8.51. The Kier molecular flexibility index (Phi) is 5.62. The molecule has 0 fully saturated rings. The van der Waals surface area contributed by atoms with Crippen LogP contribution in [0.3, 0.4) is 0 Å². The summed E-state index contributed by atoms with van der Waals surface area (Å²) in [5.41, 5.74) is 4.09. The van der Waals surface area contributed by atoms with Gasteiger partial charge in [0.2, 0.25) is 0 Å². The largest absolute Gasteiger partial charge is 0.465 e. The number of rotatable bonds is 7. The number of hydrogen-bond donors (Lipinski definition) is 0. The quantitative estimate of drug-likeness (QED) is 0.486. The molecule has 2 heterocycles. The number of carbonyl (C=O) groups is 1. The maximum Gasteiger partial charge on any atom is 0.310 e. The van der Waals surface area contributed by atoms with Gasteiger partial charge in [-0.1, -0.05) is 18.2 Å². The Morgan fingerprint density at radius 3 is 2.52 bits per heavy atom. The van der Waals surface area contributed by atoms with Crippen molar-refractivity contribution < 1.29 is 9.53 Å². The molecule has 0 atom stereocenters. The fraction of sp³-hybridized carbons (Fsp3) is 0.238. The van der Waals surface area contributed by atoms with Gasteiger partial charge in [-0.3, -0.25) is 9.78 Å². The lowest BCUT2D eigenvalue weighted by Gasteiger charge is -2.07. The number of benzene rings is 1. The number of nitrogens with zero attached hydrogens (tertiary/aromatic N) is 2. The molecule has 0 aliphatic heterocycles. The van der Waals surface area contributed by atoms with Crippen LogP contribution >= 0.6 is 0 Å². The van der Waals surface area contributed by atoms with Gasteiger partial charge in [0.25, 0.3) is 0 Å². The van der Waals surface area contributed by atoms with E-state index in [-0.39, 0.29) is 5.97 Å². The summed E-state index contributed by atoms with van der Waals surface area (Å²) in [5.74, 6) is -0.189. The molecule has 0 N–H and O–H groups in total. The van der Waals surface area contributed by atoms with Gasteiger partial charge in [0, 0.05) is 29.5 Å². The molecular formula is C21H22N2O2. The topological polar surface area (TPSA) is 44.1 Å². The van der Waals surface area contributed by atoms with Crippen molar-refractivity contribution in [2.75, 3.05) is 6.61 Å². The summed E-state index contributed by atoms with van der Waals surface area (Å²) in [6, 6.07) is 17.9. The fourth-order valence-electron chi connectivity index (χ4n) is 2.69. The summed E-state index contributed by atoms with van der Waals surface area (Å²) in [4.78, 5) is 16.4. The highest BCUT2D eigenvalue weighted by molar-refractivity contribution is 5.72. The van der Waals surface area contributed by atoms with Gasteiger partial charge in [0.05, 0.1) is 13.0 Å². The fourth-order valence-corrected chi connectivity index (χ4v) is 2.69. The molecule has 3 aromatic rings. The number of ether oxygens (including phenoxy) is 1. The van der Waals surface area contributed by atoms with Crippen LogP contribution in [0.25, 0.3) is 5.69 Å². The van der Waals surface area contributed by atoms with Crippen molar-refractivity contribution >= 4 is 5.97 Å². The molecule has 4 heteroatoms. The third kappa shape index (κ3) is 5.05. The highest BCUT2D eigenvalue weighted by Gasteiger charge is 2.05. The second-order valence-corrected chi connectivity index (χ2v) is 6.03. The van der Waals surface area contributed by atoms with Crippen molar-refractivity contribution in [2.24, 2.45) is 0 Å². The van der Waals surface area contributed by atoms with Crippen LogP contribution in [-0.4, -0.2) is 22.1 Å². The maximum atomic E-state index is 11.9. The summed E-state index contributed by atoms with van der Waals surface area (Å²) in [5, 5.41) is 0. The minimum atomic E-state index is -0.189. The Balaban J connectivity index is 1.41. The monoisotopic (exact) mass is 334 g/mol. The molecule has 3 rings (SSSR count). The van der Waals surface area contributed by atoms with Crippen LogP contribution in [0.4, 0.5) is 0 Å². The Hall–Kier alpha value is -2.88. The van der Waals surface area contributed by atoms with Crippen molar-refractivity contribution in [2.45, 2.75) is 26.2 Å². The van der Waals surface area contributed by atoms with Crippen molar-refractivity contribution in [1.29, 1.82) is 0 Å². The number of carbonyl (C=O) groups excluding carboxylic acids is 1. The standard InChI is InChI=1S/C21H22N2O2/c1-17-6-4-7-19(22-17)8-5-15-25-21(24)16-18-9-11-20(12-10-18)23-13-2-3-14-23/h2-4,6-7,9-14H,5,8,15-16H2,1H3. The lowest BCUT2D eigenvalue weighted by atomic mass is 10.1. The average molecular weight is 334 g/mol. The Morgan fingerprint density at radius 2 is 1.80 bits per heavy atom. The first-order valence-electron chi connectivity index (χ1n) is 8.51. The van der Waals surface area contributed by atoms with Gasteiger partial charge in [-0.15, -0.1) is 0 Å². The highest BCUT2D eigenvalue weighted by Crippen LogP contribution is 2.11. The molecule has 25 heavy (non-hydrogen) atoms. The van der Waals surface area contributed by atoms with Crippen LogP contribution < -0.4 is 0 Å². The molecule has 0 spiro atoms. The molecule has 0 saturated heterocycles. The van der Waals surface area contributed by atoms with Crippen LogP contribution in [0.15, 0.2) is 67.0 Å². The van der Waals surface area contributed by atoms with Crippen LogP contribution in [0.1, 0.15) is 23.4 Å². The van der Waals surface area contributed by atoms with E-state index < -0.39 is 0 Å². The van der Waals surface area contributed by atoms with Crippen LogP contribution in [0.2, 0.25) is 0 Å². The smallest absolute Gasteiger partial charge is 0.310 e. The predicted octanol–water partition coefficient (Wildman–Crippen LogP) is 3.90. The van der Waals surface area contributed by atoms with Crippen molar-refractivity contribution in [1.82, 2.24) is 9.55 Å². The molecule has 128 valence electrons. The van der Waals surface area contributed by atoms with E-state index in [1.165, 1.54) is 0 Å². The number of aromatic nitrogens is 2. The van der Waals surface area contributed by atoms with E-state index in [2.05, 4.69) is 4.98 Å². The molecule has 0 bridgehead atoms. The lowest BCUT2D eigenvalue weighted by Crippen LogP contribution is -2.10. The second kappa shape index (κ2) is 8.29. The van der Waals surface area contributed by atoms with Crippen LogP contribution in [-0.2, 0) is 22.4 Å².